The number of rotatable bonds is 5. The Hall–Kier alpha value is -1.56. The molecule has 0 heterocycles. The van der Waals surface area contributed by atoms with Crippen LogP contribution in [0.5, 0.6) is 0 Å². The van der Waals surface area contributed by atoms with Crippen LogP contribution in [0.25, 0.3) is 0 Å². The highest BCUT2D eigenvalue weighted by atomic mass is 79.9. The van der Waals surface area contributed by atoms with Gasteiger partial charge in [0.25, 0.3) is 5.91 Å². The molecule has 0 bridgehead atoms. The fourth-order valence-corrected chi connectivity index (χ4v) is 1.73. The number of carbonyl (C=O) groups excluding carboxylic acids is 1. The Morgan fingerprint density at radius 3 is 2.65 bits per heavy atom. The van der Waals surface area contributed by atoms with E-state index in [4.69, 9.17) is 10.8 Å². The number of carboxylic acids is 1. The number of nitrogens with one attached hydrogen (secondary N) is 1. The molecule has 0 aliphatic heterocycles. The van der Waals surface area contributed by atoms with Crippen molar-refractivity contribution >= 4 is 33.5 Å². The van der Waals surface area contributed by atoms with Crippen LogP contribution in [0.1, 0.15) is 23.7 Å². The number of aliphatic carboxylic acids is 1. The van der Waals surface area contributed by atoms with Crippen molar-refractivity contribution in [3.63, 3.8) is 0 Å². The molecule has 6 heteroatoms. The summed E-state index contributed by atoms with van der Waals surface area (Å²) in [7, 11) is 0. The van der Waals surface area contributed by atoms with Crippen molar-refractivity contribution in [2.45, 2.75) is 19.4 Å². The van der Waals surface area contributed by atoms with Crippen LogP contribution in [0.3, 0.4) is 0 Å². The monoisotopic (exact) mass is 300 g/mol. The van der Waals surface area contributed by atoms with Crippen molar-refractivity contribution < 1.29 is 14.7 Å². The van der Waals surface area contributed by atoms with E-state index in [1.807, 2.05) is 0 Å². The Labute approximate surface area is 107 Å². The highest BCUT2D eigenvalue weighted by Gasteiger charge is 2.17. The molecule has 0 spiro atoms. The number of primary amides is 1. The van der Waals surface area contributed by atoms with Crippen molar-refractivity contribution in [2.24, 2.45) is 5.73 Å². The lowest BCUT2D eigenvalue weighted by molar-refractivity contribution is -0.137. The molecule has 0 aliphatic rings. The second kappa shape index (κ2) is 5.67. The third kappa shape index (κ3) is 3.45. The molecule has 1 aromatic rings. The molecule has 1 unspecified atom stereocenters. The fourth-order valence-electron chi connectivity index (χ4n) is 1.37. The highest BCUT2D eigenvalue weighted by molar-refractivity contribution is 9.10. The first-order valence-electron chi connectivity index (χ1n) is 5.04. The van der Waals surface area contributed by atoms with Crippen molar-refractivity contribution in [1.29, 1.82) is 0 Å². The van der Waals surface area contributed by atoms with Gasteiger partial charge >= 0.3 is 5.97 Å². The molecule has 92 valence electrons. The molecule has 0 aliphatic carbocycles. The number of anilines is 1. The maximum atomic E-state index is 11.2. The minimum Gasteiger partial charge on any atom is -0.480 e. The van der Waals surface area contributed by atoms with Crippen LogP contribution in [-0.4, -0.2) is 23.0 Å². The molecule has 1 amide bonds. The summed E-state index contributed by atoms with van der Waals surface area (Å²) in [6.45, 7) is 1.74. The van der Waals surface area contributed by atoms with E-state index in [-0.39, 0.29) is 5.56 Å². The van der Waals surface area contributed by atoms with Gasteiger partial charge in [0.15, 0.2) is 0 Å². The minimum absolute atomic E-state index is 0.263. The van der Waals surface area contributed by atoms with Crippen molar-refractivity contribution in [3.05, 3.63) is 28.2 Å². The molecular formula is C11H13BrN2O3. The van der Waals surface area contributed by atoms with E-state index in [9.17, 15) is 9.59 Å². The van der Waals surface area contributed by atoms with Gasteiger partial charge in [0.2, 0.25) is 0 Å². The average Bonchev–Trinajstić information content (AvgIpc) is 2.26. The zero-order chi connectivity index (χ0) is 13.0. The number of carboxylic acid groups (broad SMARTS) is 1. The molecule has 0 aromatic heterocycles. The van der Waals surface area contributed by atoms with Crippen molar-refractivity contribution in [3.8, 4) is 0 Å². The number of halogens is 1. The van der Waals surface area contributed by atoms with Gasteiger partial charge in [0, 0.05) is 10.2 Å². The van der Waals surface area contributed by atoms with Gasteiger partial charge in [-0.3, -0.25) is 4.79 Å². The zero-order valence-electron chi connectivity index (χ0n) is 9.24. The molecule has 1 atom stereocenters. The lowest BCUT2D eigenvalue weighted by Gasteiger charge is -2.16. The first-order chi connectivity index (χ1) is 7.95. The van der Waals surface area contributed by atoms with Crippen LogP contribution >= 0.6 is 15.9 Å². The molecule has 17 heavy (non-hydrogen) atoms. The summed E-state index contributed by atoms with van der Waals surface area (Å²) in [4.78, 5) is 22.1. The number of nitrogens with two attached hydrogens (primary N) is 1. The quantitative estimate of drug-likeness (QED) is 0.773. The van der Waals surface area contributed by atoms with Crippen LogP contribution < -0.4 is 11.1 Å². The zero-order valence-corrected chi connectivity index (χ0v) is 10.8. The molecule has 0 saturated carbocycles. The Bertz CT molecular complexity index is 448. The Morgan fingerprint density at radius 1 is 1.53 bits per heavy atom. The highest BCUT2D eigenvalue weighted by Crippen LogP contribution is 2.21. The normalized spacial score (nSPS) is 11.9. The number of benzene rings is 1. The Morgan fingerprint density at radius 2 is 2.18 bits per heavy atom. The first kappa shape index (κ1) is 13.5. The summed E-state index contributed by atoms with van der Waals surface area (Å²) in [6, 6.07) is 4.15. The summed E-state index contributed by atoms with van der Waals surface area (Å²) >= 11 is 3.22. The number of amides is 1. The van der Waals surface area contributed by atoms with Gasteiger partial charge in [-0.15, -0.1) is 0 Å². The van der Waals surface area contributed by atoms with Gasteiger partial charge in [-0.25, -0.2) is 4.79 Å². The summed E-state index contributed by atoms with van der Waals surface area (Å²) in [6.07, 6.45) is 0.406. The number of hydrogen-bond donors (Lipinski definition) is 3. The second-order valence-corrected chi connectivity index (χ2v) is 4.41. The number of carbonyl (C=O) groups is 2. The summed E-state index contributed by atoms with van der Waals surface area (Å²) in [5.74, 6) is -1.57. The summed E-state index contributed by atoms with van der Waals surface area (Å²) in [5, 5.41) is 11.7. The molecule has 5 nitrogen and oxygen atoms in total. The van der Waals surface area contributed by atoms with E-state index in [0.717, 1.165) is 0 Å². The van der Waals surface area contributed by atoms with E-state index in [0.29, 0.717) is 16.6 Å². The van der Waals surface area contributed by atoms with Gasteiger partial charge in [0.1, 0.15) is 6.04 Å². The van der Waals surface area contributed by atoms with Gasteiger partial charge < -0.3 is 16.2 Å². The second-order valence-electron chi connectivity index (χ2n) is 3.50. The van der Waals surface area contributed by atoms with Gasteiger partial charge in [-0.1, -0.05) is 22.9 Å². The molecule has 1 rings (SSSR count). The first-order valence-corrected chi connectivity index (χ1v) is 5.83. The van der Waals surface area contributed by atoms with Crippen LogP contribution in [0.4, 0.5) is 5.69 Å². The SMILES string of the molecule is CCC(Nc1ccc(Br)cc1C(N)=O)C(=O)O. The fraction of sp³-hybridized carbons (Fsp3) is 0.273. The van der Waals surface area contributed by atoms with E-state index in [2.05, 4.69) is 21.2 Å². The lowest BCUT2D eigenvalue weighted by Crippen LogP contribution is -2.29. The predicted molar refractivity (Wildman–Crippen MR) is 68.0 cm³/mol. The Kier molecular flexibility index (Phi) is 4.51. The third-order valence-electron chi connectivity index (χ3n) is 2.28. The van der Waals surface area contributed by atoms with Gasteiger partial charge in [-0.2, -0.15) is 0 Å². The molecule has 0 radical (unpaired) electrons. The predicted octanol–water partition coefficient (Wildman–Crippen LogP) is 1.82. The molecule has 0 fully saturated rings. The standard InChI is InChI=1S/C11H13BrN2O3/c1-2-8(11(16)17)14-9-4-3-6(12)5-7(9)10(13)15/h3-5,8,14H,2H2,1H3,(H2,13,15)(H,16,17). The van der Waals surface area contributed by atoms with Crippen LogP contribution in [0, 0.1) is 0 Å². The summed E-state index contributed by atoms with van der Waals surface area (Å²) < 4.78 is 0.709. The van der Waals surface area contributed by atoms with Crippen LogP contribution in [0.15, 0.2) is 22.7 Å². The van der Waals surface area contributed by atoms with Gasteiger partial charge in [0.05, 0.1) is 5.56 Å². The minimum atomic E-state index is -0.967. The van der Waals surface area contributed by atoms with Gasteiger partial charge in [-0.05, 0) is 24.6 Å². The van der Waals surface area contributed by atoms with Crippen LogP contribution in [-0.2, 0) is 4.79 Å². The molecular weight excluding hydrogens is 288 g/mol. The maximum Gasteiger partial charge on any atom is 0.326 e. The molecule has 1 aromatic carbocycles. The largest absolute Gasteiger partial charge is 0.480 e. The number of hydrogen-bond acceptors (Lipinski definition) is 3. The lowest BCUT2D eigenvalue weighted by atomic mass is 10.1. The van der Waals surface area contributed by atoms with E-state index in [1.165, 1.54) is 0 Å². The average molecular weight is 301 g/mol. The Balaban J connectivity index is 3.05. The summed E-state index contributed by atoms with van der Waals surface area (Å²) in [5.41, 5.74) is 5.92. The van der Waals surface area contributed by atoms with Crippen molar-refractivity contribution in [1.82, 2.24) is 0 Å². The van der Waals surface area contributed by atoms with Crippen molar-refractivity contribution in [2.75, 3.05) is 5.32 Å². The third-order valence-corrected chi connectivity index (χ3v) is 2.78. The smallest absolute Gasteiger partial charge is 0.326 e. The maximum absolute atomic E-state index is 11.2. The topological polar surface area (TPSA) is 92.4 Å². The van der Waals surface area contributed by atoms with Crippen LogP contribution in [0.2, 0.25) is 0 Å². The van der Waals surface area contributed by atoms with E-state index < -0.39 is 17.9 Å². The van der Waals surface area contributed by atoms with E-state index >= 15 is 0 Å². The molecule has 0 saturated heterocycles. The molecule has 4 N–H and O–H groups in total. The van der Waals surface area contributed by atoms with E-state index in [1.54, 1.807) is 25.1 Å².